The molecule has 0 bridgehead atoms. The zero-order chi connectivity index (χ0) is 13.5. The third-order valence-corrected chi connectivity index (χ3v) is 3.61. The molecule has 0 aromatic heterocycles. The van der Waals surface area contributed by atoms with Gasteiger partial charge in [-0.1, -0.05) is 78.6 Å². The molecule has 0 aliphatic carbocycles. The van der Waals surface area contributed by atoms with Gasteiger partial charge in [0.05, 0.1) is 0 Å². The number of rotatable bonds is 14. The minimum absolute atomic E-state index is 0.547. The summed E-state index contributed by atoms with van der Waals surface area (Å²) in [5, 5.41) is 0. The molecule has 0 aliphatic heterocycles. The van der Waals surface area contributed by atoms with E-state index in [1.807, 2.05) is 0 Å². The van der Waals surface area contributed by atoms with Crippen LogP contribution in [0.1, 0.15) is 85.0 Å². The first-order chi connectivity index (χ1) is 8.85. The van der Waals surface area contributed by atoms with Crippen molar-refractivity contribution in [3.8, 4) is 0 Å². The van der Waals surface area contributed by atoms with E-state index in [0.29, 0.717) is 6.92 Å². The Kier molecular flexibility index (Phi) is 15.1. The molecule has 0 radical (unpaired) electrons. The quantitative estimate of drug-likeness (QED) is 0.274. The minimum Gasteiger partial charge on any atom is -0.436 e. The van der Waals surface area contributed by atoms with Crippen molar-refractivity contribution in [1.82, 2.24) is 0 Å². The van der Waals surface area contributed by atoms with Crippen molar-refractivity contribution in [2.75, 3.05) is 6.61 Å². The largest absolute Gasteiger partial charge is 0.436 e. The highest BCUT2D eigenvalue weighted by molar-refractivity contribution is 6.51. The molecule has 0 fully saturated rings. The Labute approximate surface area is 116 Å². The highest BCUT2D eigenvalue weighted by atomic mass is 16.4. The van der Waals surface area contributed by atoms with E-state index in [2.05, 4.69) is 20.8 Å². The van der Waals surface area contributed by atoms with E-state index < -0.39 is 0 Å². The van der Waals surface area contributed by atoms with Crippen molar-refractivity contribution in [1.29, 1.82) is 0 Å². The number of hydrogen-bond acceptors (Lipinski definition) is 1. The van der Waals surface area contributed by atoms with Crippen molar-refractivity contribution in [2.24, 2.45) is 0 Å². The van der Waals surface area contributed by atoms with E-state index in [1.165, 1.54) is 76.8 Å². The maximum absolute atomic E-state index is 6.04. The molecule has 108 valence electrons. The fourth-order valence-electron chi connectivity index (χ4n) is 2.30. The van der Waals surface area contributed by atoms with Crippen LogP contribution in [0.15, 0.2) is 0 Å². The summed E-state index contributed by atoms with van der Waals surface area (Å²) in [7, 11) is 0. The Bertz CT molecular complexity index is 138. The second-order valence-corrected chi connectivity index (χ2v) is 5.55. The summed E-state index contributed by atoms with van der Waals surface area (Å²) in [5.41, 5.74) is 0. The standard InChI is InChI=1S/C16H35BO/c1-4-7-10-12-14-17(18-16-9-6-3)15-13-11-8-5-2/h4-16H2,1-3H3. The normalized spacial score (nSPS) is 10.8. The van der Waals surface area contributed by atoms with Crippen LogP contribution in [0.4, 0.5) is 0 Å². The van der Waals surface area contributed by atoms with Crippen LogP contribution in [-0.2, 0) is 4.65 Å². The fraction of sp³-hybridized carbons (Fsp3) is 1.00. The zero-order valence-electron chi connectivity index (χ0n) is 13.2. The molecular formula is C16H35BO. The minimum atomic E-state index is 0.547. The van der Waals surface area contributed by atoms with Gasteiger partial charge in [-0.25, -0.2) is 0 Å². The summed E-state index contributed by atoms with van der Waals surface area (Å²) < 4.78 is 6.04. The summed E-state index contributed by atoms with van der Waals surface area (Å²) in [5.74, 6) is 0. The van der Waals surface area contributed by atoms with Gasteiger partial charge in [0.25, 0.3) is 6.92 Å². The number of hydrogen-bond donors (Lipinski definition) is 0. The van der Waals surface area contributed by atoms with Gasteiger partial charge in [-0.05, 0) is 19.1 Å². The molecule has 1 nitrogen and oxygen atoms in total. The van der Waals surface area contributed by atoms with Crippen molar-refractivity contribution in [3.63, 3.8) is 0 Å². The lowest BCUT2D eigenvalue weighted by Gasteiger charge is -2.14. The van der Waals surface area contributed by atoms with Gasteiger partial charge in [0, 0.05) is 6.61 Å². The molecule has 0 amide bonds. The second-order valence-electron chi connectivity index (χ2n) is 5.55. The molecular weight excluding hydrogens is 219 g/mol. The van der Waals surface area contributed by atoms with Gasteiger partial charge in [0.2, 0.25) is 0 Å². The molecule has 0 N–H and O–H groups in total. The van der Waals surface area contributed by atoms with E-state index in [4.69, 9.17) is 4.65 Å². The maximum Gasteiger partial charge on any atom is 0.293 e. The molecule has 0 aliphatic rings. The summed E-state index contributed by atoms with van der Waals surface area (Å²) in [6.07, 6.45) is 16.0. The highest BCUT2D eigenvalue weighted by Crippen LogP contribution is 2.14. The van der Waals surface area contributed by atoms with E-state index >= 15 is 0 Å². The predicted molar refractivity (Wildman–Crippen MR) is 84.5 cm³/mol. The third-order valence-electron chi connectivity index (χ3n) is 3.61. The Morgan fingerprint density at radius 2 is 1.11 bits per heavy atom. The van der Waals surface area contributed by atoms with Crippen LogP contribution < -0.4 is 0 Å². The van der Waals surface area contributed by atoms with Crippen LogP contribution in [0.3, 0.4) is 0 Å². The van der Waals surface area contributed by atoms with Crippen molar-refractivity contribution in [3.05, 3.63) is 0 Å². The Morgan fingerprint density at radius 3 is 1.56 bits per heavy atom. The van der Waals surface area contributed by atoms with Crippen LogP contribution in [0, 0.1) is 0 Å². The summed E-state index contributed by atoms with van der Waals surface area (Å²) in [6.45, 7) is 8.31. The summed E-state index contributed by atoms with van der Waals surface area (Å²) in [6, 6.07) is 0. The molecule has 0 aromatic rings. The van der Waals surface area contributed by atoms with Gasteiger partial charge in [-0.2, -0.15) is 0 Å². The average Bonchev–Trinajstić information content (AvgIpc) is 2.39. The SMILES string of the molecule is CCCCCCB(CCCCCC)OCCCC. The van der Waals surface area contributed by atoms with Gasteiger partial charge >= 0.3 is 0 Å². The highest BCUT2D eigenvalue weighted by Gasteiger charge is 2.14. The van der Waals surface area contributed by atoms with Gasteiger partial charge in [0.15, 0.2) is 0 Å². The van der Waals surface area contributed by atoms with Crippen LogP contribution in [0.2, 0.25) is 12.6 Å². The van der Waals surface area contributed by atoms with Crippen molar-refractivity contribution >= 4 is 6.92 Å². The molecule has 0 unspecified atom stereocenters. The molecule has 0 saturated heterocycles. The predicted octanol–water partition coefficient (Wildman–Crippen LogP) is 5.96. The van der Waals surface area contributed by atoms with Crippen molar-refractivity contribution < 1.29 is 4.65 Å². The molecule has 0 aromatic carbocycles. The van der Waals surface area contributed by atoms with E-state index in [0.717, 1.165) is 6.61 Å². The monoisotopic (exact) mass is 254 g/mol. The first kappa shape index (κ1) is 18.0. The van der Waals surface area contributed by atoms with Crippen molar-refractivity contribution in [2.45, 2.75) is 97.6 Å². The van der Waals surface area contributed by atoms with Gasteiger partial charge in [0.1, 0.15) is 0 Å². The fourth-order valence-corrected chi connectivity index (χ4v) is 2.30. The van der Waals surface area contributed by atoms with E-state index in [1.54, 1.807) is 0 Å². The number of unbranched alkanes of at least 4 members (excludes halogenated alkanes) is 7. The molecule has 0 rings (SSSR count). The second kappa shape index (κ2) is 15.1. The van der Waals surface area contributed by atoms with Crippen LogP contribution >= 0.6 is 0 Å². The first-order valence-corrected chi connectivity index (χ1v) is 8.46. The summed E-state index contributed by atoms with van der Waals surface area (Å²) >= 11 is 0. The molecule has 18 heavy (non-hydrogen) atoms. The Morgan fingerprint density at radius 1 is 0.611 bits per heavy atom. The molecule has 0 atom stereocenters. The average molecular weight is 254 g/mol. The van der Waals surface area contributed by atoms with Gasteiger partial charge in [-0.3, -0.25) is 0 Å². The van der Waals surface area contributed by atoms with Crippen LogP contribution in [0.25, 0.3) is 0 Å². The van der Waals surface area contributed by atoms with Crippen LogP contribution in [-0.4, -0.2) is 13.5 Å². The molecule has 0 heterocycles. The van der Waals surface area contributed by atoms with Gasteiger partial charge < -0.3 is 4.65 Å². The molecule has 0 saturated carbocycles. The Balaban J connectivity index is 3.62. The zero-order valence-corrected chi connectivity index (χ0v) is 13.2. The topological polar surface area (TPSA) is 9.23 Å². The molecule has 0 spiro atoms. The lowest BCUT2D eigenvalue weighted by atomic mass is 9.59. The smallest absolute Gasteiger partial charge is 0.293 e. The maximum atomic E-state index is 6.04. The van der Waals surface area contributed by atoms with E-state index in [-0.39, 0.29) is 0 Å². The third kappa shape index (κ3) is 12.5. The Hall–Kier alpha value is 0.0249. The van der Waals surface area contributed by atoms with Gasteiger partial charge in [-0.15, -0.1) is 0 Å². The lowest BCUT2D eigenvalue weighted by molar-refractivity contribution is 0.307. The van der Waals surface area contributed by atoms with E-state index in [9.17, 15) is 0 Å². The molecule has 2 heteroatoms. The van der Waals surface area contributed by atoms with Crippen LogP contribution in [0.5, 0.6) is 0 Å². The summed E-state index contributed by atoms with van der Waals surface area (Å²) in [4.78, 5) is 0. The first-order valence-electron chi connectivity index (χ1n) is 8.46. The lowest BCUT2D eigenvalue weighted by Crippen LogP contribution is -2.18.